The van der Waals surface area contributed by atoms with E-state index in [0.29, 0.717) is 12.2 Å². The number of ketones is 2. The van der Waals surface area contributed by atoms with E-state index in [1.165, 1.54) is 13.8 Å². The highest BCUT2D eigenvalue weighted by molar-refractivity contribution is 6.35. The molecule has 0 aromatic rings. The molecule has 0 heterocycles. The number of carboxylic acids is 2. The van der Waals surface area contributed by atoms with Crippen LogP contribution in [-0.2, 0) is 19.2 Å². The summed E-state index contributed by atoms with van der Waals surface area (Å²) in [5, 5.41) is 15.6. The molecule has 0 aromatic carbocycles. The Morgan fingerprint density at radius 1 is 0.786 bits per heavy atom. The standard InChI is InChI=1S/C4H4O4.C4H6O2/c5-3(6)1-2-4(7)8;1-3(5)4(2)6/h1-2H,(H,5,6)(H,7,8);1-2H3. The quantitative estimate of drug-likeness (QED) is 0.487. The summed E-state index contributed by atoms with van der Waals surface area (Å²) in [7, 11) is 0. The lowest BCUT2D eigenvalue weighted by Crippen LogP contribution is -2.01. The lowest BCUT2D eigenvalue weighted by Gasteiger charge is -1.74. The summed E-state index contributed by atoms with van der Waals surface area (Å²) in [6.45, 7) is 2.50. The van der Waals surface area contributed by atoms with Crippen LogP contribution in [0.5, 0.6) is 0 Å². The number of hydrogen-bond acceptors (Lipinski definition) is 4. The Balaban J connectivity index is 0. The van der Waals surface area contributed by atoms with Crippen LogP contribution in [0.3, 0.4) is 0 Å². The van der Waals surface area contributed by atoms with Crippen LogP contribution >= 0.6 is 0 Å². The van der Waals surface area contributed by atoms with Crippen LogP contribution in [0.1, 0.15) is 13.8 Å². The molecule has 0 aliphatic heterocycles. The summed E-state index contributed by atoms with van der Waals surface area (Å²) in [5.74, 6) is -3.27. The number of rotatable bonds is 3. The number of aliphatic carboxylic acids is 2. The summed E-state index contributed by atoms with van der Waals surface area (Å²) in [4.78, 5) is 38.7. The van der Waals surface area contributed by atoms with Crippen molar-refractivity contribution in [1.29, 1.82) is 0 Å². The zero-order valence-corrected chi connectivity index (χ0v) is 7.68. The molecular weight excluding hydrogens is 192 g/mol. The lowest BCUT2D eigenvalue weighted by atomic mass is 10.3. The molecule has 14 heavy (non-hydrogen) atoms. The molecule has 0 rings (SSSR count). The summed E-state index contributed by atoms with van der Waals surface area (Å²) in [5.41, 5.74) is 0. The van der Waals surface area contributed by atoms with Crippen LogP contribution in [0.4, 0.5) is 0 Å². The Hall–Kier alpha value is -1.98. The number of Topliss-reactive ketones (excluding diaryl/α,β-unsaturated/α-hetero) is 2. The van der Waals surface area contributed by atoms with Gasteiger partial charge in [0.25, 0.3) is 0 Å². The Kier molecular flexibility index (Phi) is 7.95. The van der Waals surface area contributed by atoms with Crippen LogP contribution in [0.2, 0.25) is 0 Å². The normalized spacial score (nSPS) is 8.71. The van der Waals surface area contributed by atoms with E-state index < -0.39 is 11.9 Å². The van der Waals surface area contributed by atoms with E-state index >= 15 is 0 Å². The molecule has 0 aromatic heterocycles. The minimum atomic E-state index is -1.26. The van der Waals surface area contributed by atoms with Gasteiger partial charge in [0.1, 0.15) is 0 Å². The minimum Gasteiger partial charge on any atom is -0.478 e. The SMILES string of the molecule is CC(=O)C(C)=O.O=C(O)C=CC(=O)O. The second-order valence-corrected chi connectivity index (χ2v) is 2.12. The molecule has 2 N–H and O–H groups in total. The minimum absolute atomic E-state index is 0.380. The first kappa shape index (κ1) is 14.5. The summed E-state index contributed by atoms with van der Waals surface area (Å²) in [6, 6.07) is 0. The summed E-state index contributed by atoms with van der Waals surface area (Å²) in [6.07, 6.45) is 1.12. The topological polar surface area (TPSA) is 109 Å². The van der Waals surface area contributed by atoms with Crippen molar-refractivity contribution in [1.82, 2.24) is 0 Å². The summed E-state index contributed by atoms with van der Waals surface area (Å²) >= 11 is 0. The predicted molar refractivity (Wildman–Crippen MR) is 45.8 cm³/mol. The van der Waals surface area contributed by atoms with Crippen molar-refractivity contribution in [2.24, 2.45) is 0 Å². The van der Waals surface area contributed by atoms with Gasteiger partial charge in [-0.2, -0.15) is 0 Å². The van der Waals surface area contributed by atoms with Gasteiger partial charge in [-0.25, -0.2) is 9.59 Å². The van der Waals surface area contributed by atoms with E-state index in [2.05, 4.69) is 0 Å². The van der Waals surface area contributed by atoms with Gasteiger partial charge >= 0.3 is 11.9 Å². The first-order valence-corrected chi connectivity index (χ1v) is 3.42. The molecule has 0 atom stereocenters. The van der Waals surface area contributed by atoms with Crippen molar-refractivity contribution in [3.8, 4) is 0 Å². The Bertz CT molecular complexity index is 248. The predicted octanol–water partition coefficient (Wildman–Crippen LogP) is -0.124. The van der Waals surface area contributed by atoms with Gasteiger partial charge in [-0.3, -0.25) is 9.59 Å². The fourth-order valence-corrected chi connectivity index (χ4v) is 0.143. The van der Waals surface area contributed by atoms with Crippen molar-refractivity contribution in [2.75, 3.05) is 0 Å². The molecular formula is C8H10O6. The van der Waals surface area contributed by atoms with Gasteiger partial charge < -0.3 is 10.2 Å². The molecule has 6 heteroatoms. The molecule has 0 bridgehead atoms. The molecule has 0 radical (unpaired) electrons. The van der Waals surface area contributed by atoms with E-state index in [1.807, 2.05) is 0 Å². The van der Waals surface area contributed by atoms with E-state index in [0.717, 1.165) is 0 Å². The third-order valence-corrected chi connectivity index (χ3v) is 0.864. The molecule has 0 fully saturated rings. The molecule has 0 unspecified atom stereocenters. The van der Waals surface area contributed by atoms with Crippen molar-refractivity contribution in [2.45, 2.75) is 13.8 Å². The van der Waals surface area contributed by atoms with Crippen molar-refractivity contribution in [3.05, 3.63) is 12.2 Å². The molecule has 0 aliphatic rings. The van der Waals surface area contributed by atoms with Gasteiger partial charge in [0.15, 0.2) is 11.6 Å². The lowest BCUT2D eigenvalue weighted by molar-refractivity contribution is -0.134. The highest BCUT2D eigenvalue weighted by Gasteiger charge is 1.94. The Morgan fingerprint density at radius 3 is 1.07 bits per heavy atom. The summed E-state index contributed by atoms with van der Waals surface area (Å²) < 4.78 is 0. The number of carbonyl (C=O) groups is 4. The highest BCUT2D eigenvalue weighted by Crippen LogP contribution is 1.70. The van der Waals surface area contributed by atoms with Crippen LogP contribution in [-0.4, -0.2) is 33.7 Å². The maximum atomic E-state index is 9.79. The fraction of sp³-hybridized carbons (Fsp3) is 0.250. The Morgan fingerprint density at radius 2 is 1.00 bits per heavy atom. The smallest absolute Gasteiger partial charge is 0.328 e. The number of carboxylic acid groups (broad SMARTS) is 2. The van der Waals surface area contributed by atoms with E-state index in [4.69, 9.17) is 10.2 Å². The van der Waals surface area contributed by atoms with Crippen molar-refractivity contribution >= 4 is 23.5 Å². The van der Waals surface area contributed by atoms with Crippen molar-refractivity contribution < 1.29 is 29.4 Å². The maximum Gasteiger partial charge on any atom is 0.328 e. The zero-order chi connectivity index (χ0) is 11.7. The molecule has 78 valence electrons. The molecule has 6 nitrogen and oxygen atoms in total. The molecule has 0 aliphatic carbocycles. The van der Waals surface area contributed by atoms with Gasteiger partial charge in [-0.15, -0.1) is 0 Å². The van der Waals surface area contributed by atoms with Crippen LogP contribution < -0.4 is 0 Å². The van der Waals surface area contributed by atoms with Crippen molar-refractivity contribution in [3.63, 3.8) is 0 Å². The van der Waals surface area contributed by atoms with Gasteiger partial charge in [-0.05, 0) is 0 Å². The third kappa shape index (κ3) is 16.5. The van der Waals surface area contributed by atoms with E-state index in [-0.39, 0.29) is 11.6 Å². The number of hydrogen-bond donors (Lipinski definition) is 2. The van der Waals surface area contributed by atoms with E-state index in [1.54, 1.807) is 0 Å². The second kappa shape index (κ2) is 7.66. The number of carbonyl (C=O) groups excluding carboxylic acids is 2. The van der Waals surface area contributed by atoms with Crippen LogP contribution in [0, 0.1) is 0 Å². The van der Waals surface area contributed by atoms with Crippen LogP contribution in [0.25, 0.3) is 0 Å². The fourth-order valence-electron chi connectivity index (χ4n) is 0.143. The average molecular weight is 202 g/mol. The molecule has 0 amide bonds. The highest BCUT2D eigenvalue weighted by atomic mass is 16.4. The largest absolute Gasteiger partial charge is 0.478 e. The first-order chi connectivity index (χ1) is 6.27. The maximum absolute atomic E-state index is 9.79. The average Bonchev–Trinajstić information content (AvgIpc) is 2.01. The van der Waals surface area contributed by atoms with Crippen LogP contribution in [0.15, 0.2) is 12.2 Å². The zero-order valence-electron chi connectivity index (χ0n) is 7.68. The van der Waals surface area contributed by atoms with Gasteiger partial charge in [-0.1, -0.05) is 0 Å². The van der Waals surface area contributed by atoms with Gasteiger partial charge in [0, 0.05) is 26.0 Å². The third-order valence-electron chi connectivity index (χ3n) is 0.864. The van der Waals surface area contributed by atoms with Gasteiger partial charge in [0.2, 0.25) is 0 Å². The molecule has 0 saturated heterocycles. The van der Waals surface area contributed by atoms with E-state index in [9.17, 15) is 19.2 Å². The first-order valence-electron chi connectivity index (χ1n) is 3.42. The molecule has 0 saturated carbocycles. The second-order valence-electron chi connectivity index (χ2n) is 2.12. The van der Waals surface area contributed by atoms with Gasteiger partial charge in [0.05, 0.1) is 0 Å². The monoisotopic (exact) mass is 202 g/mol. The molecule has 0 spiro atoms. The Labute approximate surface area is 79.8 Å².